The Morgan fingerprint density at radius 3 is 2.55 bits per heavy atom. The third-order valence-electron chi connectivity index (χ3n) is 3.31. The van der Waals surface area contributed by atoms with Crippen LogP contribution in [0.25, 0.3) is 11.4 Å². The van der Waals surface area contributed by atoms with Crippen molar-refractivity contribution >= 4 is 0 Å². The van der Waals surface area contributed by atoms with Crippen molar-refractivity contribution in [3.05, 3.63) is 35.7 Å². The number of fused-ring (bicyclic) bond motifs is 1. The molecule has 0 aliphatic carbocycles. The first kappa shape index (κ1) is 13.1. The van der Waals surface area contributed by atoms with Crippen molar-refractivity contribution in [2.75, 3.05) is 0 Å². The summed E-state index contributed by atoms with van der Waals surface area (Å²) in [4.78, 5) is 4.27. The van der Waals surface area contributed by atoms with Crippen LogP contribution in [-0.4, -0.2) is 26.0 Å². The van der Waals surface area contributed by atoms with Gasteiger partial charge in [-0.2, -0.15) is 18.3 Å². The zero-order chi connectivity index (χ0) is 14.3. The predicted octanol–water partition coefficient (Wildman–Crippen LogP) is 2.27. The lowest BCUT2D eigenvalue weighted by molar-refractivity contribution is -0.137. The van der Waals surface area contributed by atoms with Gasteiger partial charge in [-0.3, -0.25) is 0 Å². The Balaban J connectivity index is 1.90. The van der Waals surface area contributed by atoms with E-state index in [1.807, 2.05) is 0 Å². The van der Waals surface area contributed by atoms with Crippen molar-refractivity contribution in [2.24, 2.45) is 0 Å². The molecule has 106 valence electrons. The standard InChI is InChI=1S/C13H12F3N3O/c14-13(15,16)9-3-1-8(2-4-9)12-17-11-7-10(20)5-6-19(11)18-12/h1-4,10,20H,5-7H2. The van der Waals surface area contributed by atoms with Crippen molar-refractivity contribution in [2.45, 2.75) is 31.7 Å². The third-order valence-corrected chi connectivity index (χ3v) is 3.31. The molecule has 1 unspecified atom stereocenters. The van der Waals surface area contributed by atoms with Gasteiger partial charge in [0.1, 0.15) is 5.82 Å². The van der Waals surface area contributed by atoms with Gasteiger partial charge in [0, 0.05) is 18.5 Å². The molecule has 7 heteroatoms. The number of rotatable bonds is 1. The number of aliphatic hydroxyl groups excluding tert-OH is 1. The fourth-order valence-electron chi connectivity index (χ4n) is 2.22. The van der Waals surface area contributed by atoms with Crippen LogP contribution in [0.5, 0.6) is 0 Å². The molecule has 2 heterocycles. The van der Waals surface area contributed by atoms with E-state index in [9.17, 15) is 18.3 Å². The minimum atomic E-state index is -4.34. The SMILES string of the molecule is OC1CCn2nc(-c3ccc(C(F)(F)F)cc3)nc2C1. The molecular formula is C13H12F3N3O. The summed E-state index contributed by atoms with van der Waals surface area (Å²) in [6.45, 7) is 0.574. The second kappa shape index (κ2) is 4.59. The molecule has 4 nitrogen and oxygen atoms in total. The summed E-state index contributed by atoms with van der Waals surface area (Å²) in [6, 6.07) is 4.76. The highest BCUT2D eigenvalue weighted by molar-refractivity contribution is 5.55. The highest BCUT2D eigenvalue weighted by Crippen LogP contribution is 2.30. The highest BCUT2D eigenvalue weighted by Gasteiger charge is 2.30. The summed E-state index contributed by atoms with van der Waals surface area (Å²) in [7, 11) is 0. The lowest BCUT2D eigenvalue weighted by Crippen LogP contribution is -2.23. The fourth-order valence-corrected chi connectivity index (χ4v) is 2.22. The summed E-state index contributed by atoms with van der Waals surface area (Å²) in [5.41, 5.74) is -0.157. The van der Waals surface area contributed by atoms with Crippen LogP contribution in [0.15, 0.2) is 24.3 Å². The summed E-state index contributed by atoms with van der Waals surface area (Å²) in [6.07, 6.45) is -3.73. The Bertz CT molecular complexity index is 619. The fraction of sp³-hybridized carbons (Fsp3) is 0.385. The molecule has 3 rings (SSSR count). The number of aliphatic hydroxyl groups is 1. The maximum absolute atomic E-state index is 12.5. The smallest absolute Gasteiger partial charge is 0.393 e. The van der Waals surface area contributed by atoms with E-state index in [1.165, 1.54) is 12.1 Å². The van der Waals surface area contributed by atoms with E-state index >= 15 is 0 Å². The maximum atomic E-state index is 12.5. The third kappa shape index (κ3) is 2.40. The largest absolute Gasteiger partial charge is 0.416 e. The van der Waals surface area contributed by atoms with E-state index in [0.29, 0.717) is 36.6 Å². The molecule has 1 aromatic carbocycles. The van der Waals surface area contributed by atoms with Crippen LogP contribution >= 0.6 is 0 Å². The van der Waals surface area contributed by atoms with E-state index in [0.717, 1.165) is 12.1 Å². The molecule has 20 heavy (non-hydrogen) atoms. The van der Waals surface area contributed by atoms with Gasteiger partial charge in [0.2, 0.25) is 0 Å². The van der Waals surface area contributed by atoms with Crippen molar-refractivity contribution < 1.29 is 18.3 Å². The monoisotopic (exact) mass is 283 g/mol. The van der Waals surface area contributed by atoms with Crippen LogP contribution in [0.2, 0.25) is 0 Å². The number of halogens is 3. The van der Waals surface area contributed by atoms with Gasteiger partial charge in [-0.1, -0.05) is 12.1 Å². The first-order chi connectivity index (χ1) is 9.43. The highest BCUT2D eigenvalue weighted by atomic mass is 19.4. The molecule has 1 aliphatic heterocycles. The average Bonchev–Trinajstić information content (AvgIpc) is 2.80. The van der Waals surface area contributed by atoms with Crippen LogP contribution in [0.1, 0.15) is 17.8 Å². The zero-order valence-electron chi connectivity index (χ0n) is 10.4. The lowest BCUT2D eigenvalue weighted by atomic mass is 10.1. The van der Waals surface area contributed by atoms with Crippen LogP contribution in [0.3, 0.4) is 0 Å². The molecule has 0 radical (unpaired) electrons. The number of nitrogens with zero attached hydrogens (tertiary/aromatic N) is 3. The zero-order valence-corrected chi connectivity index (χ0v) is 10.4. The molecule has 0 fully saturated rings. The Morgan fingerprint density at radius 1 is 1.20 bits per heavy atom. The molecular weight excluding hydrogens is 271 g/mol. The topological polar surface area (TPSA) is 50.9 Å². The van der Waals surface area contributed by atoms with E-state index in [2.05, 4.69) is 10.1 Å². The first-order valence-electron chi connectivity index (χ1n) is 6.23. The number of hydrogen-bond acceptors (Lipinski definition) is 3. The van der Waals surface area contributed by atoms with Gasteiger partial charge < -0.3 is 5.11 Å². The van der Waals surface area contributed by atoms with Crippen LogP contribution in [-0.2, 0) is 19.1 Å². The number of hydrogen-bond donors (Lipinski definition) is 1. The molecule has 0 saturated carbocycles. The normalized spacial score (nSPS) is 18.9. The number of aryl methyl sites for hydroxylation is 1. The molecule has 1 atom stereocenters. The summed E-state index contributed by atoms with van der Waals surface area (Å²) in [5.74, 6) is 1.06. The molecule has 1 aromatic heterocycles. The second-order valence-corrected chi connectivity index (χ2v) is 4.80. The predicted molar refractivity (Wildman–Crippen MR) is 64.8 cm³/mol. The van der Waals surface area contributed by atoms with Crippen LogP contribution < -0.4 is 0 Å². The van der Waals surface area contributed by atoms with Gasteiger partial charge in [-0.05, 0) is 18.6 Å². The van der Waals surface area contributed by atoms with Gasteiger partial charge in [-0.15, -0.1) is 0 Å². The minimum absolute atomic E-state index is 0.392. The Morgan fingerprint density at radius 2 is 1.90 bits per heavy atom. The van der Waals surface area contributed by atoms with Crippen molar-refractivity contribution in [1.29, 1.82) is 0 Å². The van der Waals surface area contributed by atoms with Gasteiger partial charge in [-0.25, -0.2) is 9.67 Å². The molecule has 0 spiro atoms. The number of aromatic nitrogens is 3. The van der Waals surface area contributed by atoms with Crippen molar-refractivity contribution in [1.82, 2.24) is 14.8 Å². The Hall–Kier alpha value is -1.89. The van der Waals surface area contributed by atoms with Crippen LogP contribution in [0.4, 0.5) is 13.2 Å². The number of alkyl halides is 3. The average molecular weight is 283 g/mol. The quantitative estimate of drug-likeness (QED) is 0.873. The first-order valence-corrected chi connectivity index (χ1v) is 6.23. The molecule has 1 N–H and O–H groups in total. The van der Waals surface area contributed by atoms with E-state index in [4.69, 9.17) is 0 Å². The van der Waals surface area contributed by atoms with E-state index in [1.54, 1.807) is 4.68 Å². The van der Waals surface area contributed by atoms with Gasteiger partial charge in [0.15, 0.2) is 5.82 Å². The van der Waals surface area contributed by atoms with E-state index in [-0.39, 0.29) is 0 Å². The van der Waals surface area contributed by atoms with Gasteiger partial charge in [0.05, 0.1) is 11.7 Å². The molecule has 2 aromatic rings. The minimum Gasteiger partial charge on any atom is -0.393 e. The van der Waals surface area contributed by atoms with E-state index < -0.39 is 17.8 Å². The second-order valence-electron chi connectivity index (χ2n) is 4.80. The van der Waals surface area contributed by atoms with Crippen molar-refractivity contribution in [3.63, 3.8) is 0 Å². The van der Waals surface area contributed by atoms with Crippen molar-refractivity contribution in [3.8, 4) is 11.4 Å². The summed E-state index contributed by atoms with van der Waals surface area (Å²) in [5, 5.41) is 13.8. The molecule has 1 aliphatic rings. The lowest BCUT2D eigenvalue weighted by Gasteiger charge is -2.16. The summed E-state index contributed by atoms with van der Waals surface area (Å²) < 4.78 is 39.2. The van der Waals surface area contributed by atoms with Gasteiger partial charge >= 0.3 is 6.18 Å². The summed E-state index contributed by atoms with van der Waals surface area (Å²) >= 11 is 0. The van der Waals surface area contributed by atoms with Crippen LogP contribution in [0, 0.1) is 0 Å². The maximum Gasteiger partial charge on any atom is 0.416 e. The van der Waals surface area contributed by atoms with Gasteiger partial charge in [0.25, 0.3) is 0 Å². The molecule has 0 bridgehead atoms. The molecule has 0 saturated heterocycles. The Kier molecular flexibility index (Phi) is 3.01. The Labute approximate surface area is 112 Å². The number of benzene rings is 1. The molecule has 0 amide bonds.